The number of piperidine rings is 1. The molecule has 1 spiro atoms. The van der Waals surface area contributed by atoms with E-state index in [-0.39, 0.29) is 0 Å². The summed E-state index contributed by atoms with van der Waals surface area (Å²) in [5.41, 5.74) is 1.64. The molecule has 0 aliphatic carbocycles. The molecule has 0 aromatic heterocycles. The Labute approximate surface area is 163 Å². The second-order valence-electron chi connectivity index (χ2n) is 8.25. The van der Waals surface area contributed by atoms with Gasteiger partial charge in [0, 0.05) is 44.1 Å². The second kappa shape index (κ2) is 8.51. The minimum atomic E-state index is 0.331. The van der Waals surface area contributed by atoms with Crippen molar-refractivity contribution in [3.05, 3.63) is 29.8 Å². The standard InChI is InChI=1S/C22H33N3O2/c1-2-23-21(25-12-5-10-22(16-25)11-6-13-26-17-22)24-15-18-9-14-27-20-8-4-3-7-19(18)20/h3-4,7-8,18H,2,5-6,9-17H2,1H3,(H,23,24). The molecule has 5 heteroatoms. The zero-order chi connectivity index (χ0) is 18.5. The summed E-state index contributed by atoms with van der Waals surface area (Å²) in [7, 11) is 0. The summed E-state index contributed by atoms with van der Waals surface area (Å²) >= 11 is 0. The van der Waals surface area contributed by atoms with Gasteiger partial charge in [-0.2, -0.15) is 0 Å². The molecule has 2 saturated heterocycles. The molecule has 0 bridgehead atoms. The number of guanidine groups is 1. The van der Waals surface area contributed by atoms with E-state index in [1.807, 2.05) is 6.07 Å². The number of likely N-dealkylation sites (tertiary alicyclic amines) is 1. The molecule has 2 fully saturated rings. The van der Waals surface area contributed by atoms with Gasteiger partial charge in [-0.3, -0.25) is 4.99 Å². The van der Waals surface area contributed by atoms with E-state index in [9.17, 15) is 0 Å². The number of fused-ring (bicyclic) bond motifs is 1. The van der Waals surface area contributed by atoms with E-state index in [4.69, 9.17) is 14.5 Å². The van der Waals surface area contributed by atoms with Gasteiger partial charge in [-0.15, -0.1) is 0 Å². The Balaban J connectivity index is 1.47. The highest BCUT2D eigenvalue weighted by Gasteiger charge is 2.38. The number of ether oxygens (including phenoxy) is 2. The van der Waals surface area contributed by atoms with Gasteiger partial charge in [-0.1, -0.05) is 18.2 Å². The largest absolute Gasteiger partial charge is 0.493 e. The van der Waals surface area contributed by atoms with E-state index in [0.29, 0.717) is 11.3 Å². The fourth-order valence-corrected chi connectivity index (χ4v) is 4.85. The first kappa shape index (κ1) is 18.6. The number of rotatable bonds is 3. The average molecular weight is 372 g/mol. The molecule has 5 nitrogen and oxygen atoms in total. The molecule has 0 radical (unpaired) electrons. The van der Waals surface area contributed by atoms with Gasteiger partial charge in [0.15, 0.2) is 5.96 Å². The lowest BCUT2D eigenvalue weighted by Gasteiger charge is -2.45. The van der Waals surface area contributed by atoms with Crippen LogP contribution in [0, 0.1) is 5.41 Å². The molecule has 1 N–H and O–H groups in total. The molecule has 3 aliphatic rings. The third-order valence-electron chi connectivity index (χ3n) is 6.24. The Morgan fingerprint density at radius 2 is 2.15 bits per heavy atom. The number of nitrogens with zero attached hydrogens (tertiary/aromatic N) is 2. The topological polar surface area (TPSA) is 46.1 Å². The van der Waals surface area contributed by atoms with Crippen LogP contribution in [0.15, 0.2) is 29.3 Å². The summed E-state index contributed by atoms with van der Waals surface area (Å²) in [5.74, 6) is 2.55. The Morgan fingerprint density at radius 3 is 3.00 bits per heavy atom. The number of hydrogen-bond donors (Lipinski definition) is 1. The quantitative estimate of drug-likeness (QED) is 0.653. The van der Waals surface area contributed by atoms with Crippen LogP contribution in [0.2, 0.25) is 0 Å². The summed E-state index contributed by atoms with van der Waals surface area (Å²) in [6.07, 6.45) is 6.04. The van der Waals surface area contributed by atoms with Crippen molar-refractivity contribution in [1.82, 2.24) is 10.2 Å². The van der Waals surface area contributed by atoms with Crippen LogP contribution < -0.4 is 10.1 Å². The maximum absolute atomic E-state index is 5.84. The lowest BCUT2D eigenvalue weighted by molar-refractivity contribution is -0.0370. The average Bonchev–Trinajstić information content (AvgIpc) is 2.72. The van der Waals surface area contributed by atoms with Crippen molar-refractivity contribution >= 4 is 5.96 Å². The molecule has 1 aromatic carbocycles. The van der Waals surface area contributed by atoms with E-state index >= 15 is 0 Å². The molecular formula is C22H33N3O2. The van der Waals surface area contributed by atoms with Gasteiger partial charge in [0.05, 0.1) is 13.2 Å². The lowest BCUT2D eigenvalue weighted by Crippen LogP contribution is -2.53. The molecule has 27 heavy (non-hydrogen) atoms. The molecule has 0 amide bonds. The molecule has 148 valence electrons. The van der Waals surface area contributed by atoms with Gasteiger partial charge in [-0.05, 0) is 50.7 Å². The maximum Gasteiger partial charge on any atom is 0.193 e. The smallest absolute Gasteiger partial charge is 0.193 e. The maximum atomic E-state index is 5.84. The van der Waals surface area contributed by atoms with Crippen LogP contribution >= 0.6 is 0 Å². The minimum absolute atomic E-state index is 0.331. The van der Waals surface area contributed by atoms with Gasteiger partial charge >= 0.3 is 0 Å². The summed E-state index contributed by atoms with van der Waals surface area (Å²) < 4.78 is 11.7. The second-order valence-corrected chi connectivity index (χ2v) is 8.25. The normalized spacial score (nSPS) is 28.6. The van der Waals surface area contributed by atoms with Crippen LogP contribution in [0.1, 0.15) is 50.5 Å². The molecular weight excluding hydrogens is 338 g/mol. The van der Waals surface area contributed by atoms with E-state index < -0.39 is 0 Å². The fraction of sp³-hybridized carbons (Fsp3) is 0.682. The van der Waals surface area contributed by atoms with E-state index in [1.165, 1.54) is 31.2 Å². The van der Waals surface area contributed by atoms with E-state index in [1.54, 1.807) is 0 Å². The first-order valence-electron chi connectivity index (χ1n) is 10.6. The molecule has 2 unspecified atom stereocenters. The number of para-hydroxylation sites is 1. The van der Waals surface area contributed by atoms with Crippen molar-refractivity contribution in [3.8, 4) is 5.75 Å². The van der Waals surface area contributed by atoms with Gasteiger partial charge in [0.25, 0.3) is 0 Å². The van der Waals surface area contributed by atoms with E-state index in [0.717, 1.165) is 64.1 Å². The lowest BCUT2D eigenvalue weighted by atomic mass is 9.76. The third kappa shape index (κ3) is 4.23. The van der Waals surface area contributed by atoms with Crippen LogP contribution in [0.3, 0.4) is 0 Å². The number of nitrogens with one attached hydrogen (secondary N) is 1. The van der Waals surface area contributed by atoms with E-state index in [2.05, 4.69) is 35.3 Å². The number of benzene rings is 1. The summed E-state index contributed by atoms with van der Waals surface area (Å²) in [4.78, 5) is 7.55. The Morgan fingerprint density at radius 1 is 1.26 bits per heavy atom. The molecule has 3 heterocycles. The zero-order valence-electron chi connectivity index (χ0n) is 16.6. The third-order valence-corrected chi connectivity index (χ3v) is 6.24. The van der Waals surface area contributed by atoms with Crippen LogP contribution in [0.4, 0.5) is 0 Å². The summed E-state index contributed by atoms with van der Waals surface area (Å²) in [6, 6.07) is 8.42. The summed E-state index contributed by atoms with van der Waals surface area (Å²) in [6.45, 7) is 8.68. The fourth-order valence-electron chi connectivity index (χ4n) is 4.85. The molecule has 1 aromatic rings. The Hall–Kier alpha value is -1.75. The van der Waals surface area contributed by atoms with Crippen LogP contribution in [-0.2, 0) is 4.74 Å². The molecule has 4 rings (SSSR count). The van der Waals surface area contributed by atoms with Crippen molar-refractivity contribution in [3.63, 3.8) is 0 Å². The minimum Gasteiger partial charge on any atom is -0.493 e. The summed E-state index contributed by atoms with van der Waals surface area (Å²) in [5, 5.41) is 3.54. The molecule has 2 atom stereocenters. The highest BCUT2D eigenvalue weighted by Crippen LogP contribution is 2.38. The predicted molar refractivity (Wildman–Crippen MR) is 109 cm³/mol. The molecule has 3 aliphatic heterocycles. The van der Waals surface area contributed by atoms with Crippen molar-refractivity contribution in [2.24, 2.45) is 10.4 Å². The zero-order valence-corrected chi connectivity index (χ0v) is 16.6. The van der Waals surface area contributed by atoms with Crippen LogP contribution in [0.5, 0.6) is 5.75 Å². The Bertz CT molecular complexity index is 649. The van der Waals surface area contributed by atoms with Gasteiger partial charge in [0.2, 0.25) is 0 Å². The first-order valence-corrected chi connectivity index (χ1v) is 10.6. The van der Waals surface area contributed by atoms with Crippen molar-refractivity contribution in [2.45, 2.75) is 44.9 Å². The van der Waals surface area contributed by atoms with Gasteiger partial charge in [-0.25, -0.2) is 0 Å². The van der Waals surface area contributed by atoms with Crippen molar-refractivity contribution in [2.75, 3.05) is 46.0 Å². The van der Waals surface area contributed by atoms with Gasteiger partial charge < -0.3 is 19.7 Å². The number of aliphatic imine (C=N–C) groups is 1. The molecule has 0 saturated carbocycles. The van der Waals surface area contributed by atoms with Gasteiger partial charge in [0.1, 0.15) is 5.75 Å². The van der Waals surface area contributed by atoms with Crippen LogP contribution in [0.25, 0.3) is 0 Å². The van der Waals surface area contributed by atoms with Crippen LogP contribution in [-0.4, -0.2) is 56.9 Å². The number of hydrogen-bond acceptors (Lipinski definition) is 3. The predicted octanol–water partition coefficient (Wildman–Crippen LogP) is 3.41. The van der Waals surface area contributed by atoms with Crippen molar-refractivity contribution in [1.29, 1.82) is 0 Å². The monoisotopic (exact) mass is 371 g/mol. The SMILES string of the molecule is CCNC(=NCC1CCOc2ccccc21)N1CCCC2(CCCOC2)C1. The highest BCUT2D eigenvalue weighted by atomic mass is 16.5. The first-order chi connectivity index (χ1) is 13.3. The van der Waals surface area contributed by atoms with Crippen molar-refractivity contribution < 1.29 is 9.47 Å². The Kier molecular flexibility index (Phi) is 5.86. The highest BCUT2D eigenvalue weighted by molar-refractivity contribution is 5.80.